The first-order valence-electron chi connectivity index (χ1n) is 10.7. The molecule has 0 aliphatic carbocycles. The monoisotopic (exact) mass is 486 g/mol. The number of benzene rings is 2. The fourth-order valence-corrected chi connectivity index (χ4v) is 3.32. The maximum absolute atomic E-state index is 11.6. The zero-order chi connectivity index (χ0) is 24.8. The van der Waals surface area contributed by atoms with Crippen molar-refractivity contribution in [2.75, 3.05) is 26.0 Å². The van der Waals surface area contributed by atoms with Gasteiger partial charge >= 0.3 is 6.03 Å². The summed E-state index contributed by atoms with van der Waals surface area (Å²) < 4.78 is 5.84. The van der Waals surface area contributed by atoms with E-state index < -0.39 is 0 Å². The van der Waals surface area contributed by atoms with Crippen molar-refractivity contribution in [3.63, 3.8) is 0 Å². The number of hydrogen-bond donors (Lipinski definition) is 2. The number of nitrogens with one attached hydrogen (secondary N) is 2. The van der Waals surface area contributed by atoms with Gasteiger partial charge in [0.2, 0.25) is 0 Å². The van der Waals surface area contributed by atoms with Gasteiger partial charge in [0.05, 0.1) is 23.3 Å². The largest absolute Gasteiger partial charge is 0.454 e. The molecule has 0 saturated carbocycles. The third-order valence-corrected chi connectivity index (χ3v) is 5.20. The lowest BCUT2D eigenvalue weighted by atomic mass is 10.1. The summed E-state index contributed by atoms with van der Waals surface area (Å²) in [6, 6.07) is 14.6. The lowest BCUT2D eigenvalue weighted by Gasteiger charge is -2.12. The minimum absolute atomic E-state index is 0.191. The molecule has 9 heteroatoms. The van der Waals surface area contributed by atoms with Crippen LogP contribution < -0.4 is 15.4 Å². The Morgan fingerprint density at radius 1 is 1.09 bits per heavy atom. The van der Waals surface area contributed by atoms with E-state index in [1.165, 1.54) is 11.2 Å². The molecule has 2 amide bonds. The van der Waals surface area contributed by atoms with Crippen molar-refractivity contribution in [2.24, 2.45) is 0 Å². The molecule has 0 unspecified atom stereocenters. The van der Waals surface area contributed by atoms with Gasteiger partial charge in [0.1, 0.15) is 23.6 Å². The first-order chi connectivity index (χ1) is 16.9. The van der Waals surface area contributed by atoms with E-state index in [0.29, 0.717) is 22.3 Å². The molecule has 4 rings (SSSR count). The number of aromatic nitrogens is 3. The molecule has 0 fully saturated rings. The topological polar surface area (TPSA) is 92.3 Å². The number of carbonyl (C=O) groups excluding carboxylic acids is 1. The van der Waals surface area contributed by atoms with Gasteiger partial charge in [-0.2, -0.15) is 0 Å². The van der Waals surface area contributed by atoms with Crippen LogP contribution in [-0.2, 0) is 0 Å². The van der Waals surface area contributed by atoms with Gasteiger partial charge in [0.25, 0.3) is 0 Å². The number of aryl methyl sites for hydroxylation is 1. The fraction of sp³-hybridized carbons (Fsp3) is 0.154. The molecule has 0 atom stereocenters. The lowest BCUT2D eigenvalue weighted by Crippen LogP contribution is -2.34. The second kappa shape index (κ2) is 10.7. The zero-order valence-corrected chi connectivity index (χ0v) is 20.2. The number of rotatable bonds is 5. The van der Waals surface area contributed by atoms with Crippen molar-refractivity contribution in [3.8, 4) is 23.3 Å². The SMILES string of the molecule is Cc1ccc(Oc2ccc(Nc3ncnc4ccc(C#CCNC(=O)N(C)C)cc34)cc2Cl)cn1. The normalized spacial score (nSPS) is 10.3. The molecular formula is C26H23ClN6O2. The van der Waals surface area contributed by atoms with Crippen molar-refractivity contribution >= 4 is 40.0 Å². The molecule has 0 aliphatic rings. The fourth-order valence-electron chi connectivity index (χ4n) is 3.10. The molecule has 4 aromatic rings. The zero-order valence-electron chi connectivity index (χ0n) is 19.5. The number of fused-ring (bicyclic) bond motifs is 1. The average Bonchev–Trinajstić information content (AvgIpc) is 2.85. The Morgan fingerprint density at radius 2 is 1.94 bits per heavy atom. The minimum Gasteiger partial charge on any atom is -0.454 e. The van der Waals surface area contributed by atoms with Gasteiger partial charge in [-0.3, -0.25) is 4.98 Å². The molecular weight excluding hydrogens is 464 g/mol. The maximum Gasteiger partial charge on any atom is 0.317 e. The molecule has 176 valence electrons. The Kier molecular flexibility index (Phi) is 7.29. The van der Waals surface area contributed by atoms with Gasteiger partial charge in [-0.15, -0.1) is 0 Å². The van der Waals surface area contributed by atoms with E-state index >= 15 is 0 Å². The molecule has 0 bridgehead atoms. The molecule has 0 radical (unpaired) electrons. The number of halogens is 1. The Labute approximate surface area is 208 Å². The van der Waals surface area contributed by atoms with E-state index in [1.807, 2.05) is 43.3 Å². The Bertz CT molecular complexity index is 1430. The Balaban J connectivity index is 1.51. The minimum atomic E-state index is -0.191. The number of ether oxygens (including phenoxy) is 1. The Morgan fingerprint density at radius 3 is 2.69 bits per heavy atom. The summed E-state index contributed by atoms with van der Waals surface area (Å²) in [4.78, 5) is 26.0. The smallest absolute Gasteiger partial charge is 0.317 e. The number of amides is 2. The van der Waals surface area contributed by atoms with Gasteiger partial charge in [-0.05, 0) is 55.5 Å². The summed E-state index contributed by atoms with van der Waals surface area (Å²) in [6.07, 6.45) is 3.15. The number of nitrogens with zero attached hydrogens (tertiary/aromatic N) is 4. The van der Waals surface area contributed by atoms with Crippen molar-refractivity contribution < 1.29 is 9.53 Å². The van der Waals surface area contributed by atoms with Crippen molar-refractivity contribution in [1.29, 1.82) is 0 Å². The lowest BCUT2D eigenvalue weighted by molar-refractivity contribution is 0.219. The highest BCUT2D eigenvalue weighted by atomic mass is 35.5. The van der Waals surface area contributed by atoms with E-state index in [9.17, 15) is 4.79 Å². The second-order valence-electron chi connectivity index (χ2n) is 7.82. The molecule has 2 aromatic carbocycles. The summed E-state index contributed by atoms with van der Waals surface area (Å²) in [5.74, 6) is 7.75. The van der Waals surface area contributed by atoms with Crippen LogP contribution in [-0.4, -0.2) is 46.5 Å². The quantitative estimate of drug-likeness (QED) is 0.379. The van der Waals surface area contributed by atoms with Crippen LogP contribution in [0.25, 0.3) is 10.9 Å². The van der Waals surface area contributed by atoms with Crippen LogP contribution in [0.15, 0.2) is 61.1 Å². The van der Waals surface area contributed by atoms with Gasteiger partial charge in [0.15, 0.2) is 0 Å². The summed E-state index contributed by atoms with van der Waals surface area (Å²) in [6.45, 7) is 2.16. The highest BCUT2D eigenvalue weighted by Crippen LogP contribution is 2.33. The second-order valence-corrected chi connectivity index (χ2v) is 8.22. The van der Waals surface area contributed by atoms with Gasteiger partial charge in [-0.1, -0.05) is 23.4 Å². The highest BCUT2D eigenvalue weighted by molar-refractivity contribution is 6.32. The van der Waals surface area contributed by atoms with E-state index in [4.69, 9.17) is 16.3 Å². The van der Waals surface area contributed by atoms with Crippen molar-refractivity contribution in [3.05, 3.63) is 77.3 Å². The van der Waals surface area contributed by atoms with Crippen LogP contribution in [0, 0.1) is 18.8 Å². The van der Waals surface area contributed by atoms with Crippen LogP contribution >= 0.6 is 11.6 Å². The predicted molar refractivity (Wildman–Crippen MR) is 137 cm³/mol. The number of hydrogen-bond acceptors (Lipinski definition) is 6. The summed E-state index contributed by atoms with van der Waals surface area (Å²) >= 11 is 6.46. The Hall–Kier alpha value is -4.35. The number of pyridine rings is 1. The average molecular weight is 487 g/mol. The molecule has 2 heterocycles. The van der Waals surface area contributed by atoms with Crippen LogP contribution in [0.2, 0.25) is 5.02 Å². The highest BCUT2D eigenvalue weighted by Gasteiger charge is 2.09. The summed E-state index contributed by atoms with van der Waals surface area (Å²) in [5, 5.41) is 7.25. The molecule has 8 nitrogen and oxygen atoms in total. The van der Waals surface area contributed by atoms with E-state index in [0.717, 1.165) is 27.8 Å². The van der Waals surface area contributed by atoms with Gasteiger partial charge in [-0.25, -0.2) is 14.8 Å². The molecule has 35 heavy (non-hydrogen) atoms. The predicted octanol–water partition coefficient (Wildman–Crippen LogP) is 5.15. The van der Waals surface area contributed by atoms with Crippen LogP contribution in [0.3, 0.4) is 0 Å². The van der Waals surface area contributed by atoms with Crippen molar-refractivity contribution in [1.82, 2.24) is 25.2 Å². The maximum atomic E-state index is 11.6. The number of carbonyl (C=O) groups is 1. The molecule has 0 aliphatic heterocycles. The van der Waals surface area contributed by atoms with E-state index in [1.54, 1.807) is 32.4 Å². The van der Waals surface area contributed by atoms with E-state index in [-0.39, 0.29) is 12.6 Å². The number of anilines is 2. The summed E-state index contributed by atoms with van der Waals surface area (Å²) in [5.41, 5.74) is 3.20. The third-order valence-electron chi connectivity index (χ3n) is 4.91. The first-order valence-corrected chi connectivity index (χ1v) is 11.1. The molecule has 0 spiro atoms. The molecule has 0 saturated heterocycles. The van der Waals surface area contributed by atoms with Gasteiger partial charge in [0, 0.05) is 36.4 Å². The standard InChI is InChI=1S/C26H23ClN6O2/c1-17-6-9-20(15-29-17)35-24-11-8-19(14-22(24)27)32-25-21-13-18(7-10-23(21)30-16-31-25)5-4-12-28-26(34)33(2)3/h6-11,13-16H,12H2,1-3H3,(H,28,34)(H,30,31,32). The van der Waals surface area contributed by atoms with Crippen molar-refractivity contribution in [2.45, 2.75) is 6.92 Å². The van der Waals surface area contributed by atoms with E-state index in [2.05, 4.69) is 37.4 Å². The van der Waals surface area contributed by atoms with Crippen LogP contribution in [0.5, 0.6) is 11.5 Å². The number of urea groups is 1. The molecule has 2 aromatic heterocycles. The molecule has 2 N–H and O–H groups in total. The third kappa shape index (κ3) is 6.16. The van der Waals surface area contributed by atoms with Crippen LogP contribution in [0.4, 0.5) is 16.3 Å². The summed E-state index contributed by atoms with van der Waals surface area (Å²) in [7, 11) is 3.35. The van der Waals surface area contributed by atoms with Gasteiger partial charge < -0.3 is 20.3 Å². The van der Waals surface area contributed by atoms with Crippen LogP contribution in [0.1, 0.15) is 11.3 Å². The first kappa shape index (κ1) is 23.8.